The molecule has 16 heteroatoms. The number of anilines is 1. The van der Waals surface area contributed by atoms with E-state index in [1.807, 2.05) is 25.1 Å². The van der Waals surface area contributed by atoms with Crippen molar-refractivity contribution in [3.8, 4) is 23.0 Å². The second-order valence-corrected chi connectivity index (χ2v) is 16.6. The Balaban J connectivity index is 0.000000195. The maximum atomic E-state index is 12.8. The second kappa shape index (κ2) is 22.0. The van der Waals surface area contributed by atoms with Gasteiger partial charge in [-0.15, -0.1) is 12.4 Å². The molecule has 6 heterocycles. The molecule has 62 heavy (non-hydrogen) atoms. The number of nitrogens with zero attached hydrogens (tertiary/aromatic N) is 3. The first-order valence-electron chi connectivity index (χ1n) is 21.2. The lowest BCUT2D eigenvalue weighted by Gasteiger charge is -2.39. The van der Waals surface area contributed by atoms with E-state index in [0.29, 0.717) is 36.8 Å². The lowest BCUT2D eigenvalue weighted by Crippen LogP contribution is -2.46. The number of rotatable bonds is 11. The Labute approximate surface area is 371 Å². The van der Waals surface area contributed by atoms with E-state index in [-0.39, 0.29) is 35.7 Å². The molecule has 4 aliphatic rings. The molecule has 0 spiro atoms. The van der Waals surface area contributed by atoms with Crippen LogP contribution in [0.3, 0.4) is 0 Å². The number of halogens is 8. The topological polar surface area (TPSA) is 78.0 Å². The molecule has 0 amide bonds. The van der Waals surface area contributed by atoms with Gasteiger partial charge in [0, 0.05) is 49.4 Å². The summed E-state index contributed by atoms with van der Waals surface area (Å²) >= 11 is 5.28. The van der Waals surface area contributed by atoms with Gasteiger partial charge in [-0.25, -0.2) is 9.97 Å². The zero-order valence-electron chi connectivity index (χ0n) is 35.4. The summed E-state index contributed by atoms with van der Waals surface area (Å²) in [6, 6.07) is 18.6. The SMILES string of the molecule is CCCOc1cc(C)ccc1OC1C[C@H]2CC[C@@H](C1)N2.CCCOc1cc(C)ccc1OC1C[C@H]2CC[C@@H](C1)N2c1ccc(C(F)(F)F)cn1.Cl.FC(F)(F)c1ccc(Cl)nc1. The number of nitrogens with one attached hydrogen (secondary N) is 1. The molecular formula is C46H56Cl2F6N4O4. The van der Waals surface area contributed by atoms with Gasteiger partial charge < -0.3 is 29.2 Å². The fraction of sp³-hybridized carbons (Fsp3) is 0.522. The first-order valence-corrected chi connectivity index (χ1v) is 21.5. The molecule has 4 aliphatic heterocycles. The first-order chi connectivity index (χ1) is 29.1. The van der Waals surface area contributed by atoms with E-state index in [9.17, 15) is 26.3 Å². The van der Waals surface area contributed by atoms with Crippen LogP contribution in [0.25, 0.3) is 0 Å². The molecule has 4 saturated heterocycles. The number of pyridine rings is 2. The largest absolute Gasteiger partial charge is 0.490 e. The van der Waals surface area contributed by atoms with Crippen LogP contribution < -0.4 is 29.2 Å². The van der Waals surface area contributed by atoms with Gasteiger partial charge in [-0.05, 0) is 125 Å². The molecule has 0 aliphatic carbocycles. The van der Waals surface area contributed by atoms with Crippen molar-refractivity contribution in [3.05, 3.63) is 100 Å². The Morgan fingerprint density at radius 1 is 0.629 bits per heavy atom. The summed E-state index contributed by atoms with van der Waals surface area (Å²) in [7, 11) is 0. The molecule has 1 N–H and O–H groups in total. The summed E-state index contributed by atoms with van der Waals surface area (Å²) < 4.78 is 98.3. The standard InChI is InChI=1S/C23H27F3N2O2.C17H25NO2.C6H3ClF3N.ClH/c1-3-10-29-21-11-15(2)4-8-20(21)30-19-12-17-6-7-18(13-19)28(17)22-9-5-16(14-27-22)23(24,25)26;1-3-8-19-17-9-12(2)4-7-16(17)20-15-10-13-5-6-14(11-15)18-13;7-5-2-1-4(3-11-5)6(8,9)10;/h4-5,8-9,11,14,17-19H,3,6-7,10,12-13H2,1-2H3;4,7,9,13-15,18H,3,5-6,8,10-11H2,1-2H3;1-3H;1H/t17-,18+,19?;13-,14+,15?;;. The highest BCUT2D eigenvalue weighted by Gasteiger charge is 2.43. The fourth-order valence-corrected chi connectivity index (χ4v) is 8.49. The van der Waals surface area contributed by atoms with Crippen molar-refractivity contribution in [2.45, 2.75) is 141 Å². The van der Waals surface area contributed by atoms with Gasteiger partial charge in [0.15, 0.2) is 23.0 Å². The summed E-state index contributed by atoms with van der Waals surface area (Å²) in [5.74, 6) is 3.97. The average molecular weight is 914 g/mol. The maximum absolute atomic E-state index is 12.8. The molecule has 0 saturated carbocycles. The third kappa shape index (κ3) is 13.4. The fourth-order valence-electron chi connectivity index (χ4n) is 8.38. The van der Waals surface area contributed by atoms with Crippen molar-refractivity contribution >= 4 is 29.8 Å². The van der Waals surface area contributed by atoms with E-state index in [1.54, 1.807) is 0 Å². The molecule has 0 radical (unpaired) electrons. The van der Waals surface area contributed by atoms with Crippen molar-refractivity contribution in [1.29, 1.82) is 0 Å². The van der Waals surface area contributed by atoms with Crippen molar-refractivity contribution in [1.82, 2.24) is 15.3 Å². The third-order valence-corrected chi connectivity index (χ3v) is 11.4. The summed E-state index contributed by atoms with van der Waals surface area (Å²) in [6.45, 7) is 9.70. The molecule has 8 rings (SSSR count). The van der Waals surface area contributed by atoms with Gasteiger partial charge in [-0.2, -0.15) is 26.3 Å². The minimum absolute atomic E-state index is 0. The number of aryl methyl sites for hydroxylation is 2. The van der Waals surface area contributed by atoms with Crippen molar-refractivity contribution < 1.29 is 45.3 Å². The normalized spacial score (nSPS) is 22.6. The molecule has 2 unspecified atom stereocenters. The summed E-state index contributed by atoms with van der Waals surface area (Å²) in [4.78, 5) is 9.60. The number of hydrogen-bond donors (Lipinski definition) is 1. The Bertz CT molecular complexity index is 1980. The second-order valence-electron chi connectivity index (χ2n) is 16.2. The summed E-state index contributed by atoms with van der Waals surface area (Å²) in [5, 5.41) is 3.71. The monoisotopic (exact) mass is 912 g/mol. The van der Waals surface area contributed by atoms with Gasteiger partial charge in [0.1, 0.15) is 23.2 Å². The number of hydrogen-bond acceptors (Lipinski definition) is 8. The van der Waals surface area contributed by atoms with Gasteiger partial charge in [-0.3, -0.25) is 0 Å². The van der Waals surface area contributed by atoms with Gasteiger partial charge in [-0.1, -0.05) is 37.6 Å². The van der Waals surface area contributed by atoms with Crippen LogP contribution in [0.2, 0.25) is 5.15 Å². The number of alkyl halides is 6. The van der Waals surface area contributed by atoms with E-state index in [2.05, 4.69) is 59.2 Å². The van der Waals surface area contributed by atoms with Gasteiger partial charge in [0.05, 0.1) is 24.3 Å². The highest BCUT2D eigenvalue weighted by Crippen LogP contribution is 2.42. The molecule has 4 aromatic rings. The minimum Gasteiger partial charge on any atom is -0.490 e. The zero-order chi connectivity index (χ0) is 43.7. The predicted molar refractivity (Wildman–Crippen MR) is 231 cm³/mol. The Morgan fingerprint density at radius 2 is 1.10 bits per heavy atom. The molecular weight excluding hydrogens is 857 g/mol. The quantitative estimate of drug-likeness (QED) is 0.118. The molecule has 4 fully saturated rings. The number of piperidine rings is 2. The number of fused-ring (bicyclic) bond motifs is 4. The Morgan fingerprint density at radius 3 is 1.52 bits per heavy atom. The first kappa shape index (κ1) is 48.9. The number of benzene rings is 2. The van der Waals surface area contributed by atoms with Crippen LogP contribution in [0, 0.1) is 13.8 Å². The van der Waals surface area contributed by atoms with Crippen LogP contribution >= 0.6 is 24.0 Å². The van der Waals surface area contributed by atoms with Crippen LogP contribution in [0.5, 0.6) is 23.0 Å². The predicted octanol–water partition coefficient (Wildman–Crippen LogP) is 12.4. The molecule has 4 bridgehead atoms. The van der Waals surface area contributed by atoms with Crippen molar-refractivity contribution in [3.63, 3.8) is 0 Å². The summed E-state index contributed by atoms with van der Waals surface area (Å²) in [6.07, 6.45) is 3.75. The van der Waals surface area contributed by atoms with Crippen LogP contribution in [-0.2, 0) is 12.4 Å². The average Bonchev–Trinajstić information content (AvgIpc) is 3.70. The molecule has 340 valence electrons. The molecule has 2 aromatic carbocycles. The van der Waals surface area contributed by atoms with Crippen LogP contribution in [0.15, 0.2) is 73.1 Å². The minimum atomic E-state index is -4.36. The van der Waals surface area contributed by atoms with E-state index < -0.39 is 23.5 Å². The smallest absolute Gasteiger partial charge is 0.417 e. The highest BCUT2D eigenvalue weighted by atomic mass is 35.5. The molecule has 2 aromatic heterocycles. The van der Waals surface area contributed by atoms with Crippen molar-refractivity contribution in [2.75, 3.05) is 18.1 Å². The Kier molecular flexibility index (Phi) is 17.3. The van der Waals surface area contributed by atoms with Crippen LogP contribution in [0.4, 0.5) is 32.2 Å². The van der Waals surface area contributed by atoms with Gasteiger partial charge >= 0.3 is 12.4 Å². The van der Waals surface area contributed by atoms with Crippen molar-refractivity contribution in [2.24, 2.45) is 0 Å². The van der Waals surface area contributed by atoms with Gasteiger partial charge in [0.2, 0.25) is 0 Å². The lowest BCUT2D eigenvalue weighted by atomic mass is 9.99. The zero-order valence-corrected chi connectivity index (χ0v) is 37.0. The van der Waals surface area contributed by atoms with E-state index in [4.69, 9.17) is 30.5 Å². The Hall–Kier alpha value is -4.14. The third-order valence-electron chi connectivity index (χ3n) is 11.2. The number of ether oxygens (including phenoxy) is 4. The maximum Gasteiger partial charge on any atom is 0.417 e. The molecule has 6 atom stereocenters. The van der Waals surface area contributed by atoms with E-state index in [1.165, 1.54) is 24.5 Å². The number of aromatic nitrogens is 2. The van der Waals surface area contributed by atoms with Gasteiger partial charge in [0.25, 0.3) is 0 Å². The molecule has 8 nitrogen and oxygen atoms in total. The lowest BCUT2D eigenvalue weighted by molar-refractivity contribution is -0.138. The van der Waals surface area contributed by atoms with Crippen LogP contribution in [-0.4, -0.2) is 59.6 Å². The van der Waals surface area contributed by atoms with E-state index in [0.717, 1.165) is 111 Å². The van der Waals surface area contributed by atoms with E-state index >= 15 is 0 Å². The highest BCUT2D eigenvalue weighted by molar-refractivity contribution is 6.29. The van der Waals surface area contributed by atoms with Crippen LogP contribution in [0.1, 0.15) is 100 Å². The summed E-state index contributed by atoms with van der Waals surface area (Å²) in [5.41, 5.74) is 0.836.